The van der Waals surface area contributed by atoms with Crippen molar-refractivity contribution in [3.8, 4) is 0 Å². The number of nitrogens with one attached hydrogen (secondary N) is 1. The largest absolute Gasteiger partial charge is 0.455 e. The number of aliphatic hydroxyl groups excluding tert-OH is 1. The lowest BCUT2D eigenvalue weighted by Crippen LogP contribution is -2.58. The van der Waals surface area contributed by atoms with E-state index >= 15 is 0 Å². The van der Waals surface area contributed by atoms with E-state index in [1.165, 1.54) is 4.90 Å². The van der Waals surface area contributed by atoms with E-state index in [1.54, 1.807) is 24.0 Å². The lowest BCUT2D eigenvalue weighted by Gasteiger charge is -2.38. The minimum absolute atomic E-state index is 0.0659. The molecule has 10 heteroatoms. The molecule has 3 fully saturated rings. The quantitative estimate of drug-likeness (QED) is 0.222. The topological polar surface area (TPSA) is 125 Å². The van der Waals surface area contributed by atoms with Gasteiger partial charge in [0.15, 0.2) is 0 Å². The van der Waals surface area contributed by atoms with Crippen LogP contribution in [0.25, 0.3) is 0 Å². The molecule has 4 rings (SSSR count). The Morgan fingerprint density at radius 3 is 2.65 bits per heavy atom. The van der Waals surface area contributed by atoms with Gasteiger partial charge in [0.25, 0.3) is 0 Å². The normalized spacial score (nSPS) is 26.9. The van der Waals surface area contributed by atoms with Gasteiger partial charge in [0.05, 0.1) is 37.1 Å². The average molecular weight is 596 g/mol. The Morgan fingerprint density at radius 2 is 2.00 bits per heavy atom. The van der Waals surface area contributed by atoms with Crippen molar-refractivity contribution in [3.05, 3.63) is 61.2 Å². The number of hydrogen-bond donors (Lipinski definition) is 2. The smallest absolute Gasteiger partial charge is 0.313 e. The molecule has 0 unspecified atom stereocenters. The number of hydrogen-bond acceptors (Lipinski definition) is 7. The molecule has 1 aromatic rings. The van der Waals surface area contributed by atoms with Crippen molar-refractivity contribution in [2.24, 2.45) is 11.8 Å². The standard InChI is InChI=1S/C33H45N3O7/c1-5-8-15-26(38)34-20-25(23-13-11-10-12-14-23)42-32(41)27-24-16-17-33(43-24)28(27)30(39)36(22(4)21-37)29(33)31(40)35(18-7-3)19-9-6-2/h5,7,10-14,22,24-25,27-29,37H,1,3,6,8-9,15-21H2,2,4H3,(H,34,38)/t22-,24+,25+,27-,28-,29+,33-/m1/s1. The highest BCUT2D eigenvalue weighted by Crippen LogP contribution is 2.59. The molecule has 43 heavy (non-hydrogen) atoms. The van der Waals surface area contributed by atoms with E-state index in [0.29, 0.717) is 37.9 Å². The van der Waals surface area contributed by atoms with Crippen molar-refractivity contribution >= 4 is 23.7 Å². The maximum absolute atomic E-state index is 14.2. The molecule has 0 aromatic heterocycles. The summed E-state index contributed by atoms with van der Waals surface area (Å²) >= 11 is 0. The number of carbonyl (C=O) groups is 4. The molecule has 2 bridgehead atoms. The van der Waals surface area contributed by atoms with Crippen molar-refractivity contribution in [2.75, 3.05) is 26.2 Å². The molecule has 2 N–H and O–H groups in total. The molecule has 234 valence electrons. The highest BCUT2D eigenvalue weighted by Gasteiger charge is 2.75. The van der Waals surface area contributed by atoms with Crippen LogP contribution in [-0.4, -0.2) is 88.6 Å². The number of fused-ring (bicyclic) bond motifs is 1. The minimum atomic E-state index is -1.20. The third kappa shape index (κ3) is 6.40. The number of ether oxygens (including phenoxy) is 2. The van der Waals surface area contributed by atoms with E-state index < -0.39 is 47.7 Å². The first-order valence-electron chi connectivity index (χ1n) is 15.4. The predicted octanol–water partition coefficient (Wildman–Crippen LogP) is 2.92. The molecule has 1 spiro atoms. The predicted molar refractivity (Wildman–Crippen MR) is 160 cm³/mol. The monoisotopic (exact) mass is 595 g/mol. The Hall–Kier alpha value is -3.50. The SMILES string of the molecule is C=CCCC(=O)NC[C@H](OC(=O)[C@@H]1[C@@H]2CC[C@]3(O2)[C@H](C(=O)N(CC=C)CCCC)N([C@H](C)CO)C(=O)[C@@H]13)c1ccccc1. The molecule has 0 radical (unpaired) electrons. The summed E-state index contributed by atoms with van der Waals surface area (Å²) in [7, 11) is 0. The Bertz CT molecular complexity index is 1190. The van der Waals surface area contributed by atoms with Gasteiger partial charge in [-0.15, -0.1) is 13.2 Å². The molecular weight excluding hydrogens is 550 g/mol. The first-order valence-corrected chi connectivity index (χ1v) is 15.4. The van der Waals surface area contributed by atoms with E-state index in [1.807, 2.05) is 37.3 Å². The summed E-state index contributed by atoms with van der Waals surface area (Å²) in [5.74, 6) is -3.27. The van der Waals surface area contributed by atoms with Gasteiger partial charge in [-0.05, 0) is 38.2 Å². The first-order chi connectivity index (χ1) is 20.7. The molecule has 3 saturated heterocycles. The fourth-order valence-electron chi connectivity index (χ4n) is 6.81. The summed E-state index contributed by atoms with van der Waals surface area (Å²) in [4.78, 5) is 57.7. The Morgan fingerprint density at radius 1 is 1.26 bits per heavy atom. The molecule has 0 aliphatic carbocycles. The maximum atomic E-state index is 14.2. The second-order valence-electron chi connectivity index (χ2n) is 11.7. The van der Waals surface area contributed by atoms with Crippen LogP contribution in [-0.2, 0) is 28.7 Å². The van der Waals surface area contributed by atoms with Gasteiger partial charge in [-0.2, -0.15) is 0 Å². The maximum Gasteiger partial charge on any atom is 0.313 e. The van der Waals surface area contributed by atoms with Gasteiger partial charge in [-0.1, -0.05) is 55.8 Å². The van der Waals surface area contributed by atoms with Gasteiger partial charge >= 0.3 is 5.97 Å². The number of likely N-dealkylation sites (tertiary alicyclic amines) is 1. The van der Waals surface area contributed by atoms with Gasteiger partial charge in [0.2, 0.25) is 17.7 Å². The van der Waals surface area contributed by atoms with Crippen LogP contribution in [0, 0.1) is 11.8 Å². The van der Waals surface area contributed by atoms with Crippen LogP contribution in [0.2, 0.25) is 0 Å². The number of unbranched alkanes of at least 4 members (excludes halogenated alkanes) is 1. The summed E-state index contributed by atoms with van der Waals surface area (Å²) in [6.45, 7) is 11.7. The van der Waals surface area contributed by atoms with E-state index in [4.69, 9.17) is 9.47 Å². The summed E-state index contributed by atoms with van der Waals surface area (Å²) in [5.41, 5.74) is -0.491. The van der Waals surface area contributed by atoms with E-state index in [-0.39, 0.29) is 37.3 Å². The van der Waals surface area contributed by atoms with E-state index in [2.05, 4.69) is 18.5 Å². The molecular formula is C33H45N3O7. The molecule has 10 nitrogen and oxygen atoms in total. The minimum Gasteiger partial charge on any atom is -0.455 e. The zero-order valence-corrected chi connectivity index (χ0v) is 25.3. The number of amides is 3. The number of allylic oxidation sites excluding steroid dienone is 1. The van der Waals surface area contributed by atoms with Crippen LogP contribution >= 0.6 is 0 Å². The second kappa shape index (κ2) is 14.3. The summed E-state index contributed by atoms with van der Waals surface area (Å²) in [6, 6.07) is 7.50. The average Bonchev–Trinajstić information content (AvgIpc) is 3.67. The number of esters is 1. The molecule has 3 aliphatic rings. The molecule has 1 aromatic carbocycles. The zero-order valence-electron chi connectivity index (χ0n) is 25.3. The third-order valence-corrected chi connectivity index (χ3v) is 8.92. The summed E-state index contributed by atoms with van der Waals surface area (Å²) in [5, 5.41) is 12.9. The fourth-order valence-corrected chi connectivity index (χ4v) is 6.81. The van der Waals surface area contributed by atoms with Crippen LogP contribution in [0.4, 0.5) is 0 Å². The zero-order chi connectivity index (χ0) is 31.1. The number of carbonyl (C=O) groups excluding carboxylic acids is 4. The van der Waals surface area contributed by atoms with Gasteiger partial charge in [0, 0.05) is 19.5 Å². The van der Waals surface area contributed by atoms with Crippen molar-refractivity contribution in [1.29, 1.82) is 0 Å². The number of benzene rings is 1. The van der Waals surface area contributed by atoms with Gasteiger partial charge < -0.3 is 29.7 Å². The molecule has 3 heterocycles. The van der Waals surface area contributed by atoms with E-state index in [0.717, 1.165) is 12.8 Å². The van der Waals surface area contributed by atoms with Gasteiger partial charge in [-0.3, -0.25) is 19.2 Å². The van der Waals surface area contributed by atoms with Crippen molar-refractivity contribution < 1.29 is 33.8 Å². The second-order valence-corrected chi connectivity index (χ2v) is 11.7. The van der Waals surface area contributed by atoms with Crippen LogP contribution in [0.5, 0.6) is 0 Å². The Kier molecular flexibility index (Phi) is 10.8. The van der Waals surface area contributed by atoms with Gasteiger partial charge in [-0.25, -0.2) is 0 Å². The first kappa shape index (κ1) is 32.4. The Labute approximate surface area is 254 Å². The fraction of sp³-hybridized carbons (Fsp3) is 0.576. The molecule has 3 aliphatic heterocycles. The third-order valence-electron chi connectivity index (χ3n) is 8.92. The molecule has 7 atom stereocenters. The van der Waals surface area contributed by atoms with Crippen LogP contribution in [0.15, 0.2) is 55.6 Å². The number of nitrogens with zero attached hydrogens (tertiary/aromatic N) is 2. The van der Waals surface area contributed by atoms with Crippen LogP contribution in [0.1, 0.15) is 64.0 Å². The highest BCUT2D eigenvalue weighted by atomic mass is 16.6. The Balaban J connectivity index is 1.62. The number of aliphatic hydroxyl groups is 1. The highest BCUT2D eigenvalue weighted by molar-refractivity contribution is 5.98. The molecule has 3 amide bonds. The van der Waals surface area contributed by atoms with Gasteiger partial charge in [0.1, 0.15) is 17.7 Å². The summed E-state index contributed by atoms with van der Waals surface area (Å²) < 4.78 is 12.6. The summed E-state index contributed by atoms with van der Waals surface area (Å²) in [6.07, 6.45) is 5.38. The number of rotatable bonds is 16. The van der Waals surface area contributed by atoms with Crippen molar-refractivity contribution in [2.45, 2.75) is 82.3 Å². The lowest BCUT2D eigenvalue weighted by molar-refractivity contribution is -0.161. The van der Waals surface area contributed by atoms with Crippen LogP contribution < -0.4 is 5.32 Å². The molecule has 0 saturated carbocycles. The van der Waals surface area contributed by atoms with Crippen LogP contribution in [0.3, 0.4) is 0 Å². The lowest BCUT2D eigenvalue weighted by atomic mass is 9.70. The van der Waals surface area contributed by atoms with Crippen molar-refractivity contribution in [3.63, 3.8) is 0 Å². The van der Waals surface area contributed by atoms with E-state index in [9.17, 15) is 24.3 Å². The van der Waals surface area contributed by atoms with Crippen molar-refractivity contribution in [1.82, 2.24) is 15.1 Å².